The average molecular weight is 303 g/mol. The third-order valence-corrected chi connectivity index (χ3v) is 2.75. The summed E-state index contributed by atoms with van der Waals surface area (Å²) in [7, 11) is 0. The van der Waals surface area contributed by atoms with Crippen molar-refractivity contribution in [2.24, 2.45) is 0 Å². The van der Waals surface area contributed by atoms with Gasteiger partial charge in [-0.3, -0.25) is 14.9 Å². The summed E-state index contributed by atoms with van der Waals surface area (Å²) < 4.78 is 0. The molecule has 0 saturated carbocycles. The number of hydrogen-bond acceptors (Lipinski definition) is 5. The van der Waals surface area contributed by atoms with Crippen LogP contribution in [0.5, 0.6) is 0 Å². The standard InChI is InChI=1S/C11H11ClN2O6/c1-5(15)8(11(17)18)13-10(16)6-3-2-4-7(12)9(6)14(19)20/h2-5,8,15H,1H3,(H,13,16)(H,17,18)/t5-,8+/m1/s1. The van der Waals surface area contributed by atoms with E-state index in [1.165, 1.54) is 19.1 Å². The number of nitrogens with one attached hydrogen (secondary N) is 1. The number of carbonyl (C=O) groups excluding carboxylic acids is 1. The maximum Gasteiger partial charge on any atom is 0.328 e. The van der Waals surface area contributed by atoms with Crippen molar-refractivity contribution < 1.29 is 24.7 Å². The average Bonchev–Trinajstić information content (AvgIpc) is 2.33. The van der Waals surface area contributed by atoms with Crippen LogP contribution in [0.2, 0.25) is 5.02 Å². The number of halogens is 1. The van der Waals surface area contributed by atoms with Gasteiger partial charge in [-0.2, -0.15) is 0 Å². The Hall–Kier alpha value is -2.19. The Kier molecular flexibility index (Phi) is 5.00. The zero-order valence-corrected chi connectivity index (χ0v) is 11.0. The van der Waals surface area contributed by atoms with Crippen molar-refractivity contribution in [1.82, 2.24) is 5.32 Å². The van der Waals surface area contributed by atoms with Gasteiger partial charge in [0.25, 0.3) is 5.91 Å². The highest BCUT2D eigenvalue weighted by molar-refractivity contribution is 6.33. The quantitative estimate of drug-likeness (QED) is 0.545. The van der Waals surface area contributed by atoms with Crippen LogP contribution in [-0.2, 0) is 4.79 Å². The van der Waals surface area contributed by atoms with Crippen LogP contribution in [0.15, 0.2) is 18.2 Å². The molecule has 0 radical (unpaired) electrons. The molecule has 108 valence electrons. The second-order valence-corrected chi connectivity index (χ2v) is 4.33. The fraction of sp³-hybridized carbons (Fsp3) is 0.273. The van der Waals surface area contributed by atoms with Crippen molar-refractivity contribution >= 4 is 29.2 Å². The maximum absolute atomic E-state index is 11.9. The molecule has 0 aliphatic carbocycles. The van der Waals surface area contributed by atoms with Gasteiger partial charge >= 0.3 is 11.7 Å². The van der Waals surface area contributed by atoms with Crippen LogP contribution in [-0.4, -0.2) is 39.2 Å². The molecule has 9 heteroatoms. The third-order valence-electron chi connectivity index (χ3n) is 2.45. The lowest BCUT2D eigenvalue weighted by Crippen LogP contribution is -2.47. The zero-order valence-electron chi connectivity index (χ0n) is 10.2. The van der Waals surface area contributed by atoms with Gasteiger partial charge < -0.3 is 15.5 Å². The van der Waals surface area contributed by atoms with Crippen molar-refractivity contribution in [2.75, 3.05) is 0 Å². The van der Waals surface area contributed by atoms with Gasteiger partial charge in [-0.1, -0.05) is 17.7 Å². The van der Waals surface area contributed by atoms with Crippen molar-refractivity contribution in [3.63, 3.8) is 0 Å². The molecular formula is C11H11ClN2O6. The molecule has 0 aliphatic heterocycles. The summed E-state index contributed by atoms with van der Waals surface area (Å²) in [5.74, 6) is -2.47. The number of nitro benzene ring substituents is 1. The Balaban J connectivity index is 3.13. The number of benzene rings is 1. The molecule has 0 spiro atoms. The molecule has 8 nitrogen and oxygen atoms in total. The molecule has 1 aromatic rings. The highest BCUT2D eigenvalue weighted by atomic mass is 35.5. The molecule has 1 amide bonds. The predicted molar refractivity (Wildman–Crippen MR) is 68.7 cm³/mol. The number of aliphatic hydroxyl groups is 1. The van der Waals surface area contributed by atoms with Gasteiger partial charge in [-0.05, 0) is 19.1 Å². The minimum atomic E-state index is -1.58. The summed E-state index contributed by atoms with van der Waals surface area (Å²) in [5, 5.41) is 30.7. The van der Waals surface area contributed by atoms with E-state index < -0.39 is 34.6 Å². The Morgan fingerprint density at radius 2 is 2.05 bits per heavy atom. The topological polar surface area (TPSA) is 130 Å². The van der Waals surface area contributed by atoms with Crippen LogP contribution >= 0.6 is 11.6 Å². The molecule has 0 fully saturated rings. The third kappa shape index (κ3) is 3.43. The van der Waals surface area contributed by atoms with Crippen LogP contribution in [0.3, 0.4) is 0 Å². The molecule has 1 rings (SSSR count). The number of aliphatic carboxylic acids is 1. The van der Waals surface area contributed by atoms with Crippen LogP contribution in [0.4, 0.5) is 5.69 Å². The number of carboxylic acid groups (broad SMARTS) is 1. The second kappa shape index (κ2) is 6.31. The van der Waals surface area contributed by atoms with Gasteiger partial charge in [-0.15, -0.1) is 0 Å². The summed E-state index contributed by atoms with van der Waals surface area (Å²) in [6.45, 7) is 1.17. The van der Waals surface area contributed by atoms with Crippen LogP contribution < -0.4 is 5.32 Å². The first-order valence-corrected chi connectivity index (χ1v) is 5.78. The van der Waals surface area contributed by atoms with E-state index in [1.807, 2.05) is 5.32 Å². The Labute approximate surface area is 118 Å². The zero-order chi connectivity index (χ0) is 15.4. The minimum absolute atomic E-state index is 0.244. The van der Waals surface area contributed by atoms with E-state index in [9.17, 15) is 24.8 Å². The molecule has 2 atom stereocenters. The monoisotopic (exact) mass is 302 g/mol. The molecule has 0 heterocycles. The summed E-state index contributed by atoms with van der Waals surface area (Å²) >= 11 is 5.64. The summed E-state index contributed by atoms with van der Waals surface area (Å²) in [6.07, 6.45) is -1.37. The van der Waals surface area contributed by atoms with Crippen LogP contribution in [0.1, 0.15) is 17.3 Å². The van der Waals surface area contributed by atoms with Gasteiger partial charge in [-0.25, -0.2) is 4.79 Å². The molecular weight excluding hydrogens is 292 g/mol. The number of nitrogens with zero attached hydrogens (tertiary/aromatic N) is 1. The van der Waals surface area contributed by atoms with Crippen molar-refractivity contribution in [3.8, 4) is 0 Å². The number of carboxylic acids is 1. The first-order chi connectivity index (χ1) is 9.25. The number of amides is 1. The molecule has 0 aromatic heterocycles. The van der Waals surface area contributed by atoms with E-state index in [-0.39, 0.29) is 10.6 Å². The number of aliphatic hydroxyl groups excluding tert-OH is 1. The summed E-state index contributed by atoms with van der Waals surface area (Å²) in [5.41, 5.74) is -1.00. The van der Waals surface area contributed by atoms with E-state index in [2.05, 4.69) is 0 Å². The normalized spacial score (nSPS) is 13.3. The van der Waals surface area contributed by atoms with E-state index in [0.717, 1.165) is 6.07 Å². The molecule has 1 aromatic carbocycles. The molecule has 0 bridgehead atoms. The molecule has 20 heavy (non-hydrogen) atoms. The highest BCUT2D eigenvalue weighted by Crippen LogP contribution is 2.28. The van der Waals surface area contributed by atoms with Gasteiger partial charge in [0.2, 0.25) is 0 Å². The van der Waals surface area contributed by atoms with E-state index >= 15 is 0 Å². The lowest BCUT2D eigenvalue weighted by molar-refractivity contribution is -0.385. The van der Waals surface area contributed by atoms with Crippen molar-refractivity contribution in [3.05, 3.63) is 38.9 Å². The van der Waals surface area contributed by atoms with Crippen LogP contribution in [0, 0.1) is 10.1 Å². The first-order valence-electron chi connectivity index (χ1n) is 5.40. The smallest absolute Gasteiger partial charge is 0.328 e. The van der Waals surface area contributed by atoms with Gasteiger partial charge in [0.1, 0.15) is 10.6 Å². The molecule has 0 aliphatic rings. The lowest BCUT2D eigenvalue weighted by Gasteiger charge is -2.17. The minimum Gasteiger partial charge on any atom is -0.480 e. The van der Waals surface area contributed by atoms with Crippen LogP contribution in [0.25, 0.3) is 0 Å². The number of carbonyl (C=O) groups is 2. The molecule has 3 N–H and O–H groups in total. The maximum atomic E-state index is 11.9. The summed E-state index contributed by atoms with van der Waals surface area (Å²) in [4.78, 5) is 32.8. The fourth-order valence-electron chi connectivity index (χ4n) is 1.49. The van der Waals surface area contributed by atoms with E-state index in [0.29, 0.717) is 0 Å². The highest BCUT2D eigenvalue weighted by Gasteiger charge is 2.29. The lowest BCUT2D eigenvalue weighted by atomic mass is 10.1. The fourth-order valence-corrected chi connectivity index (χ4v) is 1.74. The Morgan fingerprint density at radius 1 is 1.45 bits per heavy atom. The number of rotatable bonds is 5. The van der Waals surface area contributed by atoms with Crippen molar-refractivity contribution in [2.45, 2.75) is 19.1 Å². The first kappa shape index (κ1) is 15.9. The van der Waals surface area contributed by atoms with Gasteiger partial charge in [0, 0.05) is 0 Å². The SMILES string of the molecule is C[C@@H](O)[C@H](NC(=O)c1cccc(Cl)c1[N+](=O)[O-])C(=O)O. The number of hydrogen-bond donors (Lipinski definition) is 3. The molecule has 0 saturated heterocycles. The van der Waals surface area contributed by atoms with Crippen molar-refractivity contribution in [1.29, 1.82) is 0 Å². The Bertz CT molecular complexity index is 560. The van der Waals surface area contributed by atoms with Gasteiger partial charge in [0.15, 0.2) is 6.04 Å². The predicted octanol–water partition coefficient (Wildman–Crippen LogP) is 0.812. The molecule has 0 unspecified atom stereocenters. The summed E-state index contributed by atoms with van der Waals surface area (Å²) in [6, 6.07) is 2.11. The number of nitro groups is 1. The van der Waals surface area contributed by atoms with E-state index in [4.69, 9.17) is 16.7 Å². The Morgan fingerprint density at radius 3 is 2.50 bits per heavy atom. The van der Waals surface area contributed by atoms with E-state index in [1.54, 1.807) is 0 Å². The number of para-hydroxylation sites is 1. The second-order valence-electron chi connectivity index (χ2n) is 3.92. The largest absolute Gasteiger partial charge is 0.480 e. The van der Waals surface area contributed by atoms with Gasteiger partial charge in [0.05, 0.1) is 11.0 Å².